The van der Waals surface area contributed by atoms with Crippen LogP contribution in [0.4, 0.5) is 0 Å². The van der Waals surface area contributed by atoms with Crippen molar-refractivity contribution in [2.45, 2.75) is 49.5 Å². The fourth-order valence-corrected chi connectivity index (χ4v) is 8.21. The van der Waals surface area contributed by atoms with Gasteiger partial charge < -0.3 is 19.4 Å². The summed E-state index contributed by atoms with van der Waals surface area (Å²) in [6.45, 7) is 6.93. The van der Waals surface area contributed by atoms with Gasteiger partial charge in [0.1, 0.15) is 0 Å². The first-order valence-corrected chi connectivity index (χ1v) is 17.3. The molecule has 2 atom stereocenters. The van der Waals surface area contributed by atoms with E-state index in [4.69, 9.17) is 4.74 Å². The third-order valence-corrected chi connectivity index (χ3v) is 11.3. The average Bonchev–Trinajstić information content (AvgIpc) is 3.56. The Hall–Kier alpha value is -2.75. The number of hydrogen-bond acceptors (Lipinski definition) is 6. The number of benzene rings is 2. The van der Waals surface area contributed by atoms with Gasteiger partial charge in [-0.05, 0) is 74.4 Å². The molecule has 0 unspecified atom stereocenters. The van der Waals surface area contributed by atoms with Crippen molar-refractivity contribution in [3.8, 4) is 0 Å². The van der Waals surface area contributed by atoms with E-state index in [1.54, 1.807) is 12.1 Å². The molecule has 4 saturated heterocycles. The quantitative estimate of drug-likeness (QED) is 0.488. The number of nitrogens with zero attached hydrogens (tertiary/aromatic N) is 3. The lowest BCUT2D eigenvalue weighted by Crippen LogP contribution is -2.46. The summed E-state index contributed by atoms with van der Waals surface area (Å²) in [6.07, 6.45) is 5.46. The van der Waals surface area contributed by atoms with Gasteiger partial charge in [-0.3, -0.25) is 9.59 Å². The van der Waals surface area contributed by atoms with Crippen molar-refractivity contribution in [1.29, 1.82) is 0 Å². The van der Waals surface area contributed by atoms with Crippen LogP contribution in [0.5, 0.6) is 0 Å². The van der Waals surface area contributed by atoms with Gasteiger partial charge >= 0.3 is 0 Å². The molecule has 1 spiro atoms. The summed E-state index contributed by atoms with van der Waals surface area (Å²) < 4.78 is 29.1. The first-order chi connectivity index (χ1) is 20.2. The van der Waals surface area contributed by atoms with Gasteiger partial charge in [0.05, 0.1) is 10.3 Å². The van der Waals surface area contributed by atoms with Gasteiger partial charge in [-0.15, -0.1) is 0 Å². The Balaban J connectivity index is 1.07. The van der Waals surface area contributed by atoms with Crippen LogP contribution in [-0.4, -0.2) is 93.7 Å². The van der Waals surface area contributed by atoms with Crippen molar-refractivity contribution in [2.24, 2.45) is 17.3 Å². The molecule has 4 aliphatic heterocycles. The highest BCUT2D eigenvalue weighted by molar-refractivity contribution is 7.90. The predicted molar refractivity (Wildman–Crippen MR) is 160 cm³/mol. The third kappa shape index (κ3) is 6.15. The maximum absolute atomic E-state index is 13.6. The summed E-state index contributed by atoms with van der Waals surface area (Å²) in [4.78, 5) is 33.9. The zero-order valence-electron chi connectivity index (χ0n) is 24.6. The lowest BCUT2D eigenvalue weighted by atomic mass is 9.76. The Morgan fingerprint density at radius 3 is 2.26 bits per heavy atom. The molecule has 0 aromatic heterocycles. The van der Waals surface area contributed by atoms with Crippen molar-refractivity contribution in [3.63, 3.8) is 0 Å². The summed E-state index contributed by atoms with van der Waals surface area (Å²) in [7, 11) is -3.24. The molecule has 0 saturated carbocycles. The number of carbonyl (C=O) groups is 2. The summed E-state index contributed by atoms with van der Waals surface area (Å²) in [5.74, 6) is 1.31. The first kappa shape index (κ1) is 29.3. The average molecular weight is 594 g/mol. The zero-order chi connectivity index (χ0) is 29.3. The van der Waals surface area contributed by atoms with E-state index in [0.717, 1.165) is 76.9 Å². The summed E-state index contributed by atoms with van der Waals surface area (Å²) in [6, 6.07) is 17.5. The molecule has 0 N–H and O–H groups in total. The van der Waals surface area contributed by atoms with Crippen LogP contribution in [0, 0.1) is 17.3 Å². The second kappa shape index (κ2) is 12.1. The van der Waals surface area contributed by atoms with Crippen molar-refractivity contribution >= 4 is 21.7 Å². The number of likely N-dealkylation sites (tertiary alicyclic amines) is 3. The molecule has 0 aliphatic carbocycles. The maximum atomic E-state index is 13.6. The molecular weight excluding hydrogens is 550 g/mol. The van der Waals surface area contributed by atoms with Gasteiger partial charge in [0.25, 0.3) is 0 Å². The van der Waals surface area contributed by atoms with Crippen LogP contribution in [0.25, 0.3) is 0 Å². The van der Waals surface area contributed by atoms with Crippen LogP contribution in [-0.2, 0) is 30.7 Å². The van der Waals surface area contributed by atoms with E-state index in [0.29, 0.717) is 42.4 Å². The van der Waals surface area contributed by atoms with Crippen LogP contribution < -0.4 is 0 Å². The fraction of sp³-hybridized carbons (Fsp3) is 0.576. The summed E-state index contributed by atoms with van der Waals surface area (Å²) in [5, 5.41) is 0. The molecule has 42 heavy (non-hydrogen) atoms. The molecule has 4 heterocycles. The van der Waals surface area contributed by atoms with Gasteiger partial charge in [-0.2, -0.15) is 0 Å². The van der Waals surface area contributed by atoms with Gasteiger partial charge in [0, 0.05) is 64.0 Å². The monoisotopic (exact) mass is 593 g/mol. The number of sulfone groups is 1. The molecule has 226 valence electrons. The van der Waals surface area contributed by atoms with Crippen LogP contribution in [0.2, 0.25) is 0 Å². The predicted octanol–water partition coefficient (Wildman–Crippen LogP) is 3.57. The van der Waals surface area contributed by atoms with Crippen molar-refractivity contribution in [1.82, 2.24) is 14.7 Å². The molecule has 0 radical (unpaired) electrons. The Labute approximate surface area is 249 Å². The van der Waals surface area contributed by atoms with Gasteiger partial charge in [-0.25, -0.2) is 8.42 Å². The topological polar surface area (TPSA) is 87.2 Å². The SMILES string of the molecule is CS(=O)(=O)c1ccc(CN2CCC3(CCN(C[C@H]4CN(C(=O)C5CCOCC5)C[C@@H]4c4ccccc4)CC3)C2=O)cc1. The van der Waals surface area contributed by atoms with Crippen LogP contribution >= 0.6 is 0 Å². The molecule has 0 bridgehead atoms. The highest BCUT2D eigenvalue weighted by Gasteiger charge is 2.48. The minimum Gasteiger partial charge on any atom is -0.381 e. The molecule has 2 amide bonds. The number of ether oxygens (including phenoxy) is 1. The van der Waals surface area contributed by atoms with Gasteiger partial charge in [0.2, 0.25) is 11.8 Å². The van der Waals surface area contributed by atoms with Crippen molar-refractivity contribution < 1.29 is 22.7 Å². The lowest BCUT2D eigenvalue weighted by molar-refractivity contribution is -0.139. The van der Waals surface area contributed by atoms with E-state index in [2.05, 4.69) is 40.1 Å². The molecule has 4 aliphatic rings. The minimum absolute atomic E-state index is 0.0812. The maximum Gasteiger partial charge on any atom is 0.229 e. The Kier molecular flexibility index (Phi) is 8.44. The largest absolute Gasteiger partial charge is 0.381 e. The van der Waals surface area contributed by atoms with E-state index in [9.17, 15) is 18.0 Å². The van der Waals surface area contributed by atoms with Gasteiger partial charge in [0.15, 0.2) is 9.84 Å². The number of rotatable bonds is 7. The normalized spacial score (nSPS) is 25.4. The molecule has 8 nitrogen and oxygen atoms in total. The molecular formula is C33H43N3O5S. The zero-order valence-corrected chi connectivity index (χ0v) is 25.4. The van der Waals surface area contributed by atoms with E-state index in [-0.39, 0.29) is 17.2 Å². The van der Waals surface area contributed by atoms with Crippen LogP contribution in [0.15, 0.2) is 59.5 Å². The number of piperidine rings is 1. The molecule has 6 rings (SSSR count). The molecule has 2 aromatic carbocycles. The number of carbonyl (C=O) groups excluding carboxylic acids is 2. The van der Waals surface area contributed by atoms with E-state index >= 15 is 0 Å². The van der Waals surface area contributed by atoms with E-state index < -0.39 is 9.84 Å². The van der Waals surface area contributed by atoms with Crippen LogP contribution in [0.3, 0.4) is 0 Å². The lowest BCUT2D eigenvalue weighted by Gasteiger charge is -2.39. The molecule has 4 fully saturated rings. The number of hydrogen-bond donors (Lipinski definition) is 0. The first-order valence-electron chi connectivity index (χ1n) is 15.4. The third-order valence-electron chi connectivity index (χ3n) is 10.2. The van der Waals surface area contributed by atoms with Crippen molar-refractivity contribution in [2.75, 3.05) is 58.7 Å². The van der Waals surface area contributed by atoms with E-state index in [1.807, 2.05) is 17.0 Å². The minimum atomic E-state index is -3.24. The Morgan fingerprint density at radius 1 is 0.929 bits per heavy atom. The molecule has 2 aromatic rings. The Bertz CT molecular complexity index is 1370. The summed E-state index contributed by atoms with van der Waals surface area (Å²) >= 11 is 0. The highest BCUT2D eigenvalue weighted by atomic mass is 32.2. The molecule has 9 heteroatoms. The second-order valence-electron chi connectivity index (χ2n) is 12.9. The van der Waals surface area contributed by atoms with E-state index in [1.165, 1.54) is 11.8 Å². The Morgan fingerprint density at radius 2 is 1.60 bits per heavy atom. The smallest absolute Gasteiger partial charge is 0.229 e. The second-order valence-corrected chi connectivity index (χ2v) is 14.9. The standard InChI is InChI=1S/C33H43N3O5S/c1-42(39,40)29-9-7-25(8-10-29)21-35-18-15-33(32(35)38)13-16-34(17-14-33)22-28-23-36(31(37)27-11-19-41-20-12-27)24-30(28)26-5-3-2-4-6-26/h2-10,27-28,30H,11-24H2,1H3/t28-,30+/m0/s1. The van der Waals surface area contributed by atoms with Gasteiger partial charge in [-0.1, -0.05) is 42.5 Å². The summed E-state index contributed by atoms with van der Waals surface area (Å²) in [5.41, 5.74) is 1.98. The van der Waals surface area contributed by atoms with Crippen LogP contribution in [0.1, 0.15) is 49.1 Å². The van der Waals surface area contributed by atoms with Crippen molar-refractivity contribution in [3.05, 3.63) is 65.7 Å². The highest BCUT2D eigenvalue weighted by Crippen LogP contribution is 2.43. The number of amides is 2. The fourth-order valence-electron chi connectivity index (χ4n) is 7.58.